The molecule has 0 spiro atoms. The molecule has 0 bridgehead atoms. The van der Waals surface area contributed by atoms with Crippen LogP contribution in [0.25, 0.3) is 0 Å². The smallest absolute Gasteiger partial charge is 0.0281 e. The molecule has 1 nitrogen and oxygen atoms in total. The normalized spacial score (nSPS) is 18.4. The van der Waals surface area contributed by atoms with Crippen LogP contribution in [0.5, 0.6) is 0 Å². The first-order chi connectivity index (χ1) is 9.45. The van der Waals surface area contributed by atoms with Gasteiger partial charge < -0.3 is 5.32 Å². The summed E-state index contributed by atoms with van der Waals surface area (Å²) >= 11 is 2.06. The highest BCUT2D eigenvalue weighted by molar-refractivity contribution is 8.00. The molecule has 1 fully saturated rings. The molecule has 0 aromatic heterocycles. The second kappa shape index (κ2) is 6.53. The summed E-state index contributed by atoms with van der Waals surface area (Å²) in [5, 5.41) is 3.67. The molecule has 1 N–H and O–H groups in total. The van der Waals surface area contributed by atoms with E-state index in [9.17, 15) is 0 Å². The number of hydrogen-bond acceptors (Lipinski definition) is 2. The van der Waals surface area contributed by atoms with Crippen molar-refractivity contribution in [1.29, 1.82) is 0 Å². The quantitative estimate of drug-likeness (QED) is 0.840. The van der Waals surface area contributed by atoms with Crippen LogP contribution in [0.2, 0.25) is 0 Å². The maximum absolute atomic E-state index is 3.67. The molecule has 2 heteroatoms. The van der Waals surface area contributed by atoms with Gasteiger partial charge in [-0.15, -0.1) is 0 Å². The van der Waals surface area contributed by atoms with Crippen LogP contribution in [0.4, 0.5) is 0 Å². The zero-order chi connectivity index (χ0) is 14.6. The monoisotopic (exact) mass is 291 g/mol. The van der Waals surface area contributed by atoms with Gasteiger partial charge in [0.1, 0.15) is 0 Å². The zero-order valence-corrected chi connectivity index (χ0v) is 14.3. The summed E-state index contributed by atoms with van der Waals surface area (Å²) in [6, 6.07) is 9.09. The molecule has 1 aliphatic carbocycles. The molecule has 20 heavy (non-hydrogen) atoms. The highest BCUT2D eigenvalue weighted by Gasteiger charge is 2.32. The van der Waals surface area contributed by atoms with Crippen molar-refractivity contribution in [1.82, 2.24) is 5.32 Å². The average molecular weight is 292 g/mol. The molecule has 1 aromatic rings. The molecule has 1 aromatic carbocycles. The third kappa shape index (κ3) is 4.02. The standard InChI is InChI=1S/C18H29NS/c1-17(2,3)16-9-7-15(8-10-16)13-19-14-18(20-4)11-5-6-12-18/h7-10,19H,5-6,11-14H2,1-4H3. The fourth-order valence-corrected chi connectivity index (χ4v) is 3.97. The number of nitrogens with one attached hydrogen (secondary N) is 1. The van der Waals surface area contributed by atoms with E-state index >= 15 is 0 Å². The molecular formula is C18H29NS. The van der Waals surface area contributed by atoms with Gasteiger partial charge in [0.2, 0.25) is 0 Å². The number of benzene rings is 1. The minimum absolute atomic E-state index is 0.249. The van der Waals surface area contributed by atoms with Gasteiger partial charge in [-0.1, -0.05) is 57.9 Å². The Bertz CT molecular complexity index is 410. The van der Waals surface area contributed by atoms with Crippen LogP contribution < -0.4 is 5.32 Å². The summed E-state index contributed by atoms with van der Waals surface area (Å²) < 4.78 is 0.505. The Balaban J connectivity index is 1.85. The Morgan fingerprint density at radius 2 is 1.70 bits per heavy atom. The lowest BCUT2D eigenvalue weighted by Crippen LogP contribution is -2.34. The van der Waals surface area contributed by atoms with Crippen LogP contribution in [-0.2, 0) is 12.0 Å². The maximum Gasteiger partial charge on any atom is 0.0281 e. The fourth-order valence-electron chi connectivity index (χ4n) is 3.03. The first kappa shape index (κ1) is 15.9. The van der Waals surface area contributed by atoms with Gasteiger partial charge in [0, 0.05) is 17.8 Å². The molecule has 2 rings (SSSR count). The van der Waals surface area contributed by atoms with Gasteiger partial charge in [0.05, 0.1) is 0 Å². The van der Waals surface area contributed by atoms with Crippen molar-refractivity contribution in [2.45, 2.75) is 63.2 Å². The van der Waals surface area contributed by atoms with Gasteiger partial charge in [0.15, 0.2) is 0 Å². The lowest BCUT2D eigenvalue weighted by molar-refractivity contribution is 0.533. The number of thioether (sulfide) groups is 1. The van der Waals surface area contributed by atoms with Crippen molar-refractivity contribution in [3.05, 3.63) is 35.4 Å². The Morgan fingerprint density at radius 3 is 2.20 bits per heavy atom. The van der Waals surface area contributed by atoms with E-state index in [0.29, 0.717) is 4.75 Å². The highest BCUT2D eigenvalue weighted by atomic mass is 32.2. The van der Waals surface area contributed by atoms with Crippen LogP contribution in [0.15, 0.2) is 24.3 Å². The largest absolute Gasteiger partial charge is 0.311 e. The number of rotatable bonds is 5. The second-order valence-electron chi connectivity index (χ2n) is 7.14. The van der Waals surface area contributed by atoms with E-state index in [1.165, 1.54) is 36.8 Å². The van der Waals surface area contributed by atoms with E-state index in [1.54, 1.807) is 0 Å². The first-order valence-corrected chi connectivity index (χ1v) is 9.03. The van der Waals surface area contributed by atoms with Crippen LogP contribution in [0, 0.1) is 0 Å². The third-order valence-corrected chi connectivity index (χ3v) is 5.96. The summed E-state index contributed by atoms with van der Waals surface area (Å²) in [6.07, 6.45) is 7.84. The molecule has 0 unspecified atom stereocenters. The molecule has 1 aliphatic rings. The fraction of sp³-hybridized carbons (Fsp3) is 0.667. The van der Waals surface area contributed by atoms with Gasteiger partial charge >= 0.3 is 0 Å². The van der Waals surface area contributed by atoms with Gasteiger partial charge in [-0.05, 0) is 35.6 Å². The van der Waals surface area contributed by atoms with E-state index in [4.69, 9.17) is 0 Å². The molecule has 0 amide bonds. The van der Waals surface area contributed by atoms with Gasteiger partial charge in [0.25, 0.3) is 0 Å². The Hall–Kier alpha value is -0.470. The predicted molar refractivity (Wildman–Crippen MR) is 91.6 cm³/mol. The van der Waals surface area contributed by atoms with Gasteiger partial charge in [-0.25, -0.2) is 0 Å². The van der Waals surface area contributed by atoms with Crippen LogP contribution in [-0.4, -0.2) is 17.5 Å². The van der Waals surface area contributed by atoms with Gasteiger partial charge in [-0.3, -0.25) is 0 Å². The van der Waals surface area contributed by atoms with Crippen molar-refractivity contribution in [3.8, 4) is 0 Å². The predicted octanol–water partition coefficient (Wildman–Crippen LogP) is 4.75. The molecule has 1 saturated carbocycles. The first-order valence-electron chi connectivity index (χ1n) is 7.81. The molecule has 0 aliphatic heterocycles. The van der Waals surface area contributed by atoms with Crippen LogP contribution in [0.3, 0.4) is 0 Å². The van der Waals surface area contributed by atoms with E-state index < -0.39 is 0 Å². The molecule has 0 heterocycles. The van der Waals surface area contributed by atoms with Crippen molar-refractivity contribution in [2.24, 2.45) is 0 Å². The van der Waals surface area contributed by atoms with Crippen molar-refractivity contribution >= 4 is 11.8 Å². The van der Waals surface area contributed by atoms with Crippen LogP contribution in [0.1, 0.15) is 57.6 Å². The van der Waals surface area contributed by atoms with Gasteiger partial charge in [-0.2, -0.15) is 11.8 Å². The Morgan fingerprint density at radius 1 is 1.10 bits per heavy atom. The van der Waals surface area contributed by atoms with Crippen molar-refractivity contribution in [3.63, 3.8) is 0 Å². The molecular weight excluding hydrogens is 262 g/mol. The molecule has 112 valence electrons. The zero-order valence-electron chi connectivity index (χ0n) is 13.5. The summed E-state index contributed by atoms with van der Waals surface area (Å²) in [5.41, 5.74) is 3.06. The molecule has 0 radical (unpaired) electrons. The van der Waals surface area contributed by atoms with Crippen molar-refractivity contribution < 1.29 is 0 Å². The van der Waals surface area contributed by atoms with Crippen LogP contribution >= 0.6 is 11.8 Å². The summed E-state index contributed by atoms with van der Waals surface area (Å²) in [6.45, 7) is 8.94. The Kier molecular flexibility index (Phi) is 5.19. The SMILES string of the molecule is CSC1(CNCc2ccc(C(C)(C)C)cc2)CCCC1. The topological polar surface area (TPSA) is 12.0 Å². The lowest BCUT2D eigenvalue weighted by atomic mass is 9.87. The molecule has 0 saturated heterocycles. The van der Waals surface area contributed by atoms with E-state index in [1.807, 2.05) is 0 Å². The second-order valence-corrected chi connectivity index (χ2v) is 8.42. The Labute approximate surface area is 128 Å². The van der Waals surface area contributed by atoms with E-state index in [-0.39, 0.29) is 5.41 Å². The third-order valence-electron chi connectivity index (χ3n) is 4.54. The minimum Gasteiger partial charge on any atom is -0.311 e. The summed E-state index contributed by atoms with van der Waals surface area (Å²) in [4.78, 5) is 0. The van der Waals surface area contributed by atoms with E-state index in [0.717, 1.165) is 13.1 Å². The highest BCUT2D eigenvalue weighted by Crippen LogP contribution is 2.39. The minimum atomic E-state index is 0.249. The lowest BCUT2D eigenvalue weighted by Gasteiger charge is -2.27. The number of hydrogen-bond donors (Lipinski definition) is 1. The average Bonchev–Trinajstić information content (AvgIpc) is 2.88. The summed E-state index contributed by atoms with van der Waals surface area (Å²) in [5.74, 6) is 0. The van der Waals surface area contributed by atoms with Crippen molar-refractivity contribution in [2.75, 3.05) is 12.8 Å². The molecule has 0 atom stereocenters. The maximum atomic E-state index is 3.67. The summed E-state index contributed by atoms with van der Waals surface area (Å²) in [7, 11) is 0. The van der Waals surface area contributed by atoms with E-state index in [2.05, 4.69) is 68.4 Å².